The molecule has 0 N–H and O–H groups in total. The van der Waals surface area contributed by atoms with Crippen LogP contribution in [0.1, 0.15) is 91.7 Å². The third-order valence-electron chi connectivity index (χ3n) is 31.0. The molecule has 10 heterocycles. The maximum absolute atomic E-state index is 5.29. The van der Waals surface area contributed by atoms with Gasteiger partial charge in [-0.15, -0.1) is 34.0 Å². The third-order valence-corrected chi connectivity index (χ3v) is 34.7. The zero-order valence-corrected chi connectivity index (χ0v) is 81.6. The van der Waals surface area contributed by atoms with Crippen LogP contribution in [-0.2, 0) is 21.7 Å². The van der Waals surface area contributed by atoms with Gasteiger partial charge in [-0.05, 0) is 240 Å². The van der Waals surface area contributed by atoms with E-state index in [9.17, 15) is 0 Å². The van der Waals surface area contributed by atoms with E-state index in [1.54, 1.807) is 49.6 Å². The minimum Gasteiger partial charge on any atom is -0.265 e. The van der Waals surface area contributed by atoms with Crippen molar-refractivity contribution in [2.75, 3.05) is 0 Å². The van der Waals surface area contributed by atoms with Crippen LogP contribution in [0.4, 0.5) is 0 Å². The molecule has 3 spiro atoms. The molecule has 0 fully saturated rings. The fourth-order valence-electron chi connectivity index (χ4n) is 25.0. The molecule has 32 rings (SSSR count). The monoisotopic (exact) mass is 1930 g/mol. The van der Waals surface area contributed by atoms with E-state index in [0.29, 0.717) is 52.4 Å². The lowest BCUT2D eigenvalue weighted by Crippen LogP contribution is -2.27. The van der Waals surface area contributed by atoms with E-state index in [2.05, 4.69) is 361 Å². The number of hydrogen-bond donors (Lipinski definition) is 0. The average Bonchev–Trinajstić information content (AvgIpc) is 1.50. The minimum atomic E-state index is -0.533. The van der Waals surface area contributed by atoms with Gasteiger partial charge in [0, 0.05) is 134 Å². The molecule has 7 aliphatic rings. The molecule has 2 unspecified atom stereocenters. The van der Waals surface area contributed by atoms with Crippen LogP contribution in [0.5, 0.6) is 0 Å². The van der Waals surface area contributed by atoms with Crippen molar-refractivity contribution in [1.29, 1.82) is 0 Å². The Balaban J connectivity index is 0.000000103. The summed E-state index contributed by atoms with van der Waals surface area (Å²) in [5.41, 5.74) is 39.4. The van der Waals surface area contributed by atoms with Gasteiger partial charge >= 0.3 is 0 Å². The first-order valence-corrected chi connectivity index (χ1v) is 51.9. The van der Waals surface area contributed by atoms with Crippen LogP contribution >= 0.6 is 34.0 Å². The molecule has 15 aromatic carbocycles. The first-order valence-electron chi connectivity index (χ1n) is 49.4. The molecule has 7 aliphatic carbocycles. The van der Waals surface area contributed by atoms with Gasteiger partial charge in [-0.1, -0.05) is 323 Å². The largest absolute Gasteiger partial charge is 0.265 e. The lowest BCUT2D eigenvalue weighted by molar-refractivity contribution is 0.660. The van der Waals surface area contributed by atoms with Gasteiger partial charge in [-0.3, -0.25) is 19.9 Å². The Labute approximate surface area is 858 Å². The van der Waals surface area contributed by atoms with E-state index >= 15 is 0 Å². The molecule has 0 aliphatic heterocycles. The molecule has 147 heavy (non-hydrogen) atoms. The van der Waals surface area contributed by atoms with Gasteiger partial charge < -0.3 is 0 Å². The summed E-state index contributed by atoms with van der Waals surface area (Å²) in [5, 5.41) is 3.94. The molecular formula is C131H79N13S3. The maximum atomic E-state index is 5.29. The Bertz CT molecular complexity index is 9660. The fraction of sp³-hybridized carbons (Fsp3) is 0.0458. The van der Waals surface area contributed by atoms with Crippen LogP contribution in [0.25, 0.3) is 209 Å². The summed E-state index contributed by atoms with van der Waals surface area (Å²) in [6.07, 6.45) is 14.2. The van der Waals surface area contributed by atoms with Crippen LogP contribution in [0.2, 0.25) is 0 Å². The second-order valence-electron chi connectivity index (χ2n) is 38.9. The van der Waals surface area contributed by atoms with Crippen molar-refractivity contribution in [3.63, 3.8) is 0 Å². The van der Waals surface area contributed by atoms with Crippen molar-refractivity contribution in [3.05, 3.63) is 522 Å². The summed E-state index contributed by atoms with van der Waals surface area (Å²) < 4.78 is 3.92. The second kappa shape index (κ2) is 32.7. The van der Waals surface area contributed by atoms with Gasteiger partial charge in [0.1, 0.15) is 0 Å². The van der Waals surface area contributed by atoms with Crippen molar-refractivity contribution < 1.29 is 0 Å². The molecule has 10 aromatic heterocycles. The highest BCUT2D eigenvalue weighted by molar-refractivity contribution is 7.23. The van der Waals surface area contributed by atoms with Crippen LogP contribution in [-0.4, -0.2) is 64.8 Å². The minimum absolute atomic E-state index is 0.130. The Morgan fingerprint density at radius 1 is 0.170 bits per heavy atom. The highest BCUT2D eigenvalue weighted by Crippen LogP contribution is 2.71. The van der Waals surface area contributed by atoms with Gasteiger partial charge in [0.15, 0.2) is 52.4 Å². The SMILES string of the molecule is CC1(C)c2ccccc2-c2ccc(-c3nc(-c4ccccc4)nc(-c4ccc5c(c4)-c4sc6ccccc6c4C54c5ccccc5-c5ccccc54)n3)cc21.c1ccc2c(c1)-c1cccc(-c3nc(-c4ccncc4)nc(-c4ccncc4)n3)c1C21c2ccccc2-c2sc3ccccc3c21.c1cncc(-c2nc(-c3cccnc3)nc(-c3ccc4c(c3)-c3ccccc3C43c4ccccc4-c4sc5ccccc5c43)n2)c1. The Kier molecular flexibility index (Phi) is 18.8. The molecule has 0 radical (unpaired) electrons. The molecule has 2 atom stereocenters. The van der Waals surface area contributed by atoms with E-state index in [1.807, 2.05) is 101 Å². The summed E-state index contributed by atoms with van der Waals surface area (Å²) in [6, 6.07) is 142. The molecule has 13 nitrogen and oxygen atoms in total. The maximum Gasteiger partial charge on any atom is 0.165 e. The predicted octanol–water partition coefficient (Wildman–Crippen LogP) is 31.2. The van der Waals surface area contributed by atoms with Crippen LogP contribution < -0.4 is 0 Å². The first-order chi connectivity index (χ1) is 72.6. The second-order valence-corrected chi connectivity index (χ2v) is 42.0. The summed E-state index contributed by atoms with van der Waals surface area (Å²) >= 11 is 5.68. The molecule has 0 bridgehead atoms. The van der Waals surface area contributed by atoms with E-state index in [-0.39, 0.29) is 5.41 Å². The Morgan fingerprint density at radius 3 is 0.939 bits per heavy atom. The number of thiophene rings is 3. The van der Waals surface area contributed by atoms with Crippen LogP contribution in [0, 0.1) is 0 Å². The van der Waals surface area contributed by atoms with Gasteiger partial charge in [0.25, 0.3) is 0 Å². The Morgan fingerprint density at radius 2 is 0.469 bits per heavy atom. The van der Waals surface area contributed by atoms with E-state index in [0.717, 1.165) is 50.1 Å². The third kappa shape index (κ3) is 12.3. The molecular weight excluding hydrogens is 1850 g/mol. The number of fused-ring (bicyclic) bond motifs is 39. The summed E-state index contributed by atoms with van der Waals surface area (Å²) in [4.78, 5) is 66.9. The zero-order valence-electron chi connectivity index (χ0n) is 79.2. The van der Waals surface area contributed by atoms with Crippen molar-refractivity contribution in [3.8, 4) is 178 Å². The first kappa shape index (κ1) is 84.5. The Hall–Kier alpha value is -18.2. The highest BCUT2D eigenvalue weighted by atomic mass is 32.1. The highest BCUT2D eigenvalue weighted by Gasteiger charge is 2.58. The van der Waals surface area contributed by atoms with Crippen LogP contribution in [0.3, 0.4) is 0 Å². The number of rotatable bonds is 9. The van der Waals surface area contributed by atoms with Crippen molar-refractivity contribution >= 4 is 64.3 Å². The number of benzene rings is 15. The topological polar surface area (TPSA) is 168 Å². The number of nitrogens with zero attached hydrogens (tertiary/aromatic N) is 13. The normalized spacial score (nSPS) is 15.2. The quantitative estimate of drug-likeness (QED) is 0.134. The number of aromatic nitrogens is 13. The molecule has 0 saturated carbocycles. The molecule has 0 saturated heterocycles. The zero-order chi connectivity index (χ0) is 97.0. The van der Waals surface area contributed by atoms with Crippen molar-refractivity contribution in [1.82, 2.24) is 64.8 Å². The van der Waals surface area contributed by atoms with E-state index in [4.69, 9.17) is 44.9 Å². The van der Waals surface area contributed by atoms with Crippen molar-refractivity contribution in [2.24, 2.45) is 0 Å². The molecule has 16 heteroatoms. The lowest BCUT2D eigenvalue weighted by Gasteiger charge is -2.32. The van der Waals surface area contributed by atoms with Gasteiger partial charge in [0.05, 0.1) is 16.2 Å². The van der Waals surface area contributed by atoms with Gasteiger partial charge in [-0.25, -0.2) is 44.9 Å². The van der Waals surface area contributed by atoms with E-state index in [1.165, 1.54) is 184 Å². The van der Waals surface area contributed by atoms with Crippen molar-refractivity contribution in [2.45, 2.75) is 35.5 Å². The standard InChI is InChI=1S/C51H33N3S.2C40H23N5S/c1-50(2)39-20-10-6-16-33(39)36-26-24-32(29-43(36)50)49-53-47(30-14-4-3-5-15-30)52-48(54-49)31-25-27-42-38(28-31)46-45(37-19-9-13-23-44(37)55-46)51(42)40-21-11-7-17-34(40)35-18-8-12-22-41(35)51;1-4-14-31-27(11-1)30-21-24(37-43-38(25-9-7-19-41-22-25)45-39(44-37)26-10-8-20-42-23-26)17-18-33(30)40(31)32-15-5-2-12-28(32)36-35(40)29-13-3-6-16-34(29)46-36;1-4-13-31-26(8-1)27-11-7-12-30(39-44-37(24-16-20-41-21-17-24)43-38(45-39)25-18-22-42-23-19-25)34(27)40(31)32-14-5-2-9-28(32)36-35(40)29-10-3-6-15-33(29)46-36/h3-29H,1-2H3;2*1-23H. The van der Waals surface area contributed by atoms with E-state index < -0.39 is 16.2 Å². The molecule has 0 amide bonds. The summed E-state index contributed by atoms with van der Waals surface area (Å²) in [6.45, 7) is 4.63. The molecule has 25 aromatic rings. The lowest BCUT2D eigenvalue weighted by atomic mass is 9.68. The smallest absolute Gasteiger partial charge is 0.165 e. The number of pyridine rings is 4. The van der Waals surface area contributed by atoms with Gasteiger partial charge in [0.2, 0.25) is 0 Å². The fourth-order valence-corrected chi connectivity index (χ4v) is 28.9. The molecule has 686 valence electrons. The summed E-state index contributed by atoms with van der Waals surface area (Å²) in [5.74, 6) is 5.64. The van der Waals surface area contributed by atoms with Gasteiger partial charge in [-0.2, -0.15) is 0 Å². The summed E-state index contributed by atoms with van der Waals surface area (Å²) in [7, 11) is 0. The van der Waals surface area contributed by atoms with Crippen LogP contribution in [0.15, 0.2) is 444 Å². The number of hydrogen-bond acceptors (Lipinski definition) is 16. The predicted molar refractivity (Wildman–Crippen MR) is 592 cm³/mol. The average molecular weight is 1930 g/mol.